The molecule has 1 aliphatic carbocycles. The number of hydrogen-bond acceptors (Lipinski definition) is 4. The number of halogens is 2. The Hall–Kier alpha value is -3.22. The second-order valence-corrected chi connectivity index (χ2v) is 7.13. The summed E-state index contributed by atoms with van der Waals surface area (Å²) in [4.78, 5) is 18.8. The Morgan fingerprint density at radius 3 is 2.72 bits per heavy atom. The molecule has 0 spiro atoms. The van der Waals surface area contributed by atoms with E-state index in [4.69, 9.17) is 4.74 Å². The molecule has 0 bridgehead atoms. The van der Waals surface area contributed by atoms with Crippen LogP contribution in [0.4, 0.5) is 8.78 Å². The van der Waals surface area contributed by atoms with Crippen LogP contribution in [0.5, 0.6) is 5.75 Å². The highest BCUT2D eigenvalue weighted by Crippen LogP contribution is 2.42. The van der Waals surface area contributed by atoms with E-state index in [9.17, 15) is 13.6 Å². The molecular formula is C22H21F2N3O2. The van der Waals surface area contributed by atoms with E-state index in [1.807, 2.05) is 11.1 Å². The van der Waals surface area contributed by atoms with Crippen LogP contribution in [0.1, 0.15) is 18.4 Å². The number of hydrogen-bond donors (Lipinski definition) is 1. The topological polar surface area (TPSA) is 53.9 Å². The van der Waals surface area contributed by atoms with E-state index >= 15 is 0 Å². The minimum absolute atomic E-state index is 0.0703. The summed E-state index contributed by atoms with van der Waals surface area (Å²) in [6, 6.07) is 9.13. The maximum atomic E-state index is 14.7. The van der Waals surface area contributed by atoms with Crippen molar-refractivity contribution in [1.29, 1.82) is 0 Å². The number of methoxy groups -OCH3 is 1. The van der Waals surface area contributed by atoms with Gasteiger partial charge in [0.2, 0.25) is 5.91 Å². The van der Waals surface area contributed by atoms with Gasteiger partial charge in [-0.05, 0) is 36.6 Å². The smallest absolute Gasteiger partial charge is 0.246 e. The van der Waals surface area contributed by atoms with Crippen molar-refractivity contribution in [2.24, 2.45) is 4.99 Å². The molecule has 1 fully saturated rings. The fraction of sp³-hybridized carbons (Fsp3) is 0.273. The van der Waals surface area contributed by atoms with Crippen LogP contribution in [0.2, 0.25) is 0 Å². The molecule has 2 aromatic rings. The Labute approximate surface area is 167 Å². The van der Waals surface area contributed by atoms with E-state index < -0.39 is 17.2 Å². The Morgan fingerprint density at radius 1 is 1.24 bits per heavy atom. The van der Waals surface area contributed by atoms with Gasteiger partial charge in [0.1, 0.15) is 18.0 Å². The van der Waals surface area contributed by atoms with Crippen molar-refractivity contribution in [3.8, 4) is 16.9 Å². The molecule has 1 amide bonds. The van der Waals surface area contributed by atoms with E-state index in [0.29, 0.717) is 23.4 Å². The van der Waals surface area contributed by atoms with Crippen LogP contribution in [-0.4, -0.2) is 36.3 Å². The molecule has 150 valence electrons. The van der Waals surface area contributed by atoms with Gasteiger partial charge in [-0.1, -0.05) is 24.3 Å². The second-order valence-electron chi connectivity index (χ2n) is 7.13. The molecule has 4 rings (SSSR count). The monoisotopic (exact) mass is 397 g/mol. The fourth-order valence-corrected chi connectivity index (χ4v) is 3.57. The maximum Gasteiger partial charge on any atom is 0.246 e. The SMILES string of the molecule is COc1c(F)cccc1-c1ccc(CNC(=O)C2(N3C=CC=NC3)CC2)c(F)c1. The van der Waals surface area contributed by atoms with E-state index in [1.165, 1.54) is 19.2 Å². The van der Waals surface area contributed by atoms with Crippen LogP contribution in [0.25, 0.3) is 11.1 Å². The number of aliphatic imine (C=N–C) groups is 1. The molecule has 0 unspecified atom stereocenters. The van der Waals surface area contributed by atoms with Crippen LogP contribution in [-0.2, 0) is 11.3 Å². The zero-order chi connectivity index (χ0) is 20.4. The predicted octanol–water partition coefficient (Wildman–Crippen LogP) is 3.65. The van der Waals surface area contributed by atoms with Crippen LogP contribution < -0.4 is 10.1 Å². The Morgan fingerprint density at radius 2 is 2.07 bits per heavy atom. The molecule has 2 aromatic carbocycles. The largest absolute Gasteiger partial charge is 0.493 e. The third-order valence-electron chi connectivity index (χ3n) is 5.36. The number of allylic oxidation sites excluding steroid dienone is 1. The maximum absolute atomic E-state index is 14.7. The van der Waals surface area contributed by atoms with Crippen molar-refractivity contribution < 1.29 is 18.3 Å². The molecule has 7 heteroatoms. The average Bonchev–Trinajstić information content (AvgIpc) is 3.55. The number of amides is 1. The van der Waals surface area contributed by atoms with Gasteiger partial charge in [0, 0.05) is 30.1 Å². The molecule has 5 nitrogen and oxygen atoms in total. The molecular weight excluding hydrogens is 376 g/mol. The first-order valence-electron chi connectivity index (χ1n) is 9.38. The van der Waals surface area contributed by atoms with Crippen LogP contribution >= 0.6 is 0 Å². The van der Waals surface area contributed by atoms with Crippen molar-refractivity contribution >= 4 is 12.1 Å². The van der Waals surface area contributed by atoms with Gasteiger partial charge in [0.25, 0.3) is 0 Å². The van der Waals surface area contributed by atoms with Crippen molar-refractivity contribution in [3.63, 3.8) is 0 Å². The average molecular weight is 397 g/mol. The first kappa shape index (κ1) is 19.1. The number of nitrogens with one attached hydrogen (secondary N) is 1. The second kappa shape index (κ2) is 7.66. The number of carbonyl (C=O) groups is 1. The highest BCUT2D eigenvalue weighted by Gasteiger charge is 2.53. The predicted molar refractivity (Wildman–Crippen MR) is 106 cm³/mol. The summed E-state index contributed by atoms with van der Waals surface area (Å²) in [5.74, 6) is -1.04. The fourth-order valence-electron chi connectivity index (χ4n) is 3.57. The summed E-state index contributed by atoms with van der Waals surface area (Å²) in [5.41, 5.74) is 0.750. The van der Waals surface area contributed by atoms with E-state index in [0.717, 1.165) is 12.8 Å². The van der Waals surface area contributed by atoms with Gasteiger partial charge in [-0.15, -0.1) is 0 Å². The molecule has 1 saturated carbocycles. The first-order chi connectivity index (χ1) is 14.0. The number of rotatable bonds is 6. The number of ether oxygens (including phenoxy) is 1. The Kier molecular flexibility index (Phi) is 5.05. The highest BCUT2D eigenvalue weighted by molar-refractivity contribution is 5.89. The molecule has 1 N–H and O–H groups in total. The van der Waals surface area contributed by atoms with Crippen LogP contribution in [0, 0.1) is 11.6 Å². The summed E-state index contributed by atoms with van der Waals surface area (Å²) in [6.07, 6.45) is 6.87. The van der Waals surface area contributed by atoms with E-state index in [-0.39, 0.29) is 18.2 Å². The highest BCUT2D eigenvalue weighted by atomic mass is 19.1. The molecule has 1 aliphatic heterocycles. The van der Waals surface area contributed by atoms with Gasteiger partial charge in [-0.25, -0.2) is 8.78 Å². The summed E-state index contributed by atoms with van der Waals surface area (Å²) in [5, 5.41) is 2.84. The number of carbonyl (C=O) groups excluding carboxylic acids is 1. The van der Waals surface area contributed by atoms with Crippen molar-refractivity contribution in [3.05, 3.63) is 65.9 Å². The molecule has 2 aliphatic rings. The third kappa shape index (κ3) is 3.60. The zero-order valence-corrected chi connectivity index (χ0v) is 16.0. The summed E-state index contributed by atoms with van der Waals surface area (Å²) >= 11 is 0. The first-order valence-corrected chi connectivity index (χ1v) is 9.38. The number of para-hydroxylation sites is 1. The third-order valence-corrected chi connectivity index (χ3v) is 5.36. The van der Waals surface area contributed by atoms with Gasteiger partial charge in [-0.2, -0.15) is 0 Å². The molecule has 29 heavy (non-hydrogen) atoms. The van der Waals surface area contributed by atoms with Gasteiger partial charge in [-0.3, -0.25) is 9.79 Å². The zero-order valence-electron chi connectivity index (χ0n) is 16.0. The van der Waals surface area contributed by atoms with Crippen LogP contribution in [0.3, 0.4) is 0 Å². The molecule has 1 heterocycles. The lowest BCUT2D eigenvalue weighted by Gasteiger charge is -2.29. The molecule has 0 atom stereocenters. The number of nitrogens with zero attached hydrogens (tertiary/aromatic N) is 2. The lowest BCUT2D eigenvalue weighted by Crippen LogP contribution is -2.47. The lowest BCUT2D eigenvalue weighted by molar-refractivity contribution is -0.127. The van der Waals surface area contributed by atoms with E-state index in [2.05, 4.69) is 10.3 Å². The van der Waals surface area contributed by atoms with Crippen molar-refractivity contribution in [2.75, 3.05) is 13.8 Å². The van der Waals surface area contributed by atoms with Crippen molar-refractivity contribution in [1.82, 2.24) is 10.2 Å². The summed E-state index contributed by atoms with van der Waals surface area (Å²) < 4.78 is 33.7. The minimum atomic E-state index is -0.584. The van der Waals surface area contributed by atoms with E-state index in [1.54, 1.807) is 36.6 Å². The summed E-state index contributed by atoms with van der Waals surface area (Å²) in [7, 11) is 1.37. The number of benzene rings is 2. The van der Waals surface area contributed by atoms with Gasteiger partial charge < -0.3 is 15.0 Å². The van der Waals surface area contributed by atoms with Crippen molar-refractivity contribution in [2.45, 2.75) is 24.9 Å². The Bertz CT molecular complexity index is 1000. The molecule has 0 saturated heterocycles. The molecule has 0 radical (unpaired) electrons. The summed E-state index contributed by atoms with van der Waals surface area (Å²) in [6.45, 7) is 0.524. The van der Waals surface area contributed by atoms with Gasteiger partial charge in [0.05, 0.1) is 7.11 Å². The van der Waals surface area contributed by atoms with Gasteiger partial charge in [0.15, 0.2) is 11.6 Å². The lowest BCUT2D eigenvalue weighted by atomic mass is 10.0. The van der Waals surface area contributed by atoms with Gasteiger partial charge >= 0.3 is 0 Å². The standard InChI is InChI=1S/C22H21F2N3O2/c1-29-20-17(4-2-5-18(20)23)15-6-7-16(19(24)12-15)13-26-21(28)22(8-9-22)27-11-3-10-25-14-27/h2-7,10-12H,8-9,13-14H2,1H3,(H,26,28). The normalized spacial score (nSPS) is 16.6. The van der Waals surface area contributed by atoms with Crippen LogP contribution in [0.15, 0.2) is 53.7 Å². The Balaban J connectivity index is 1.47. The molecule has 0 aromatic heterocycles. The minimum Gasteiger partial charge on any atom is -0.493 e. The quantitative estimate of drug-likeness (QED) is 0.810.